The van der Waals surface area contributed by atoms with Gasteiger partial charge in [0.15, 0.2) is 5.75 Å². The van der Waals surface area contributed by atoms with Crippen molar-refractivity contribution in [2.24, 2.45) is 0 Å². The van der Waals surface area contributed by atoms with Crippen LogP contribution in [0.15, 0.2) is 26.6 Å². The van der Waals surface area contributed by atoms with Gasteiger partial charge in [-0.2, -0.15) is 0 Å². The topological polar surface area (TPSA) is 100 Å². The molecule has 1 atom stereocenters. The summed E-state index contributed by atoms with van der Waals surface area (Å²) in [5, 5.41) is 16.8. The van der Waals surface area contributed by atoms with E-state index in [2.05, 4.69) is 10.6 Å². The van der Waals surface area contributed by atoms with Crippen molar-refractivity contribution in [1.82, 2.24) is 4.47 Å². The second kappa shape index (κ2) is 10.1. The van der Waals surface area contributed by atoms with Crippen LogP contribution in [0.1, 0.15) is 20.3 Å². The Balaban J connectivity index is 2.31. The molecular weight excluding hydrogens is 406 g/mol. The molecule has 0 aromatic heterocycles. The van der Waals surface area contributed by atoms with E-state index < -0.39 is 10.9 Å². The van der Waals surface area contributed by atoms with E-state index in [1.807, 2.05) is 13.8 Å². The van der Waals surface area contributed by atoms with Crippen LogP contribution in [0.2, 0.25) is 5.02 Å². The molecule has 0 saturated carbocycles. The Morgan fingerprint density at radius 1 is 1.21 bits per heavy atom. The molecule has 0 fully saturated rings. The largest absolute Gasteiger partial charge is 0.505 e. The van der Waals surface area contributed by atoms with E-state index in [0.29, 0.717) is 29.5 Å². The number of nitrogens with one attached hydrogen (secondary N) is 2. The fraction of sp³-hybridized carbons (Fsp3) is 0.444. The van der Waals surface area contributed by atoms with Crippen LogP contribution < -0.4 is 21.5 Å². The van der Waals surface area contributed by atoms with Crippen molar-refractivity contribution in [3.05, 3.63) is 37.6 Å². The Morgan fingerprint density at radius 3 is 2.46 bits per heavy atom. The van der Waals surface area contributed by atoms with Gasteiger partial charge in [0.2, 0.25) is 0 Å². The highest BCUT2D eigenvalue weighted by atomic mass is 35.5. The zero-order valence-electron chi connectivity index (χ0n) is 16.2. The van der Waals surface area contributed by atoms with Gasteiger partial charge in [0.25, 0.3) is 10.9 Å². The predicted octanol–water partition coefficient (Wildman–Crippen LogP) is 3.11. The molecule has 2 aromatic rings. The summed E-state index contributed by atoms with van der Waals surface area (Å²) < 4.78 is 6.64. The van der Waals surface area contributed by atoms with E-state index in [9.17, 15) is 14.7 Å². The number of anilines is 3. The van der Waals surface area contributed by atoms with Crippen molar-refractivity contribution in [2.45, 2.75) is 31.2 Å². The average molecular weight is 430 g/mol. The normalized spacial score (nSPS) is 12.5. The fourth-order valence-corrected chi connectivity index (χ4v) is 3.53. The Kier molecular flexibility index (Phi) is 8.14. The third kappa shape index (κ3) is 4.79. The zero-order valence-corrected chi connectivity index (χ0v) is 17.7. The van der Waals surface area contributed by atoms with E-state index in [4.69, 9.17) is 21.2 Å². The molecule has 28 heavy (non-hydrogen) atoms. The monoisotopic (exact) mass is 429 g/mol. The molecule has 0 heterocycles. The number of methoxy groups -OCH3 is 1. The predicted molar refractivity (Wildman–Crippen MR) is 113 cm³/mol. The molecule has 0 aliphatic rings. The SMILES string of the molecule is CC[C@H](COC)Nc1c(Nc2ccc(Cl)c(SN(CC)OC)c2O)c(=O)c1=O. The number of ether oxygens (including phenoxy) is 1. The first kappa shape index (κ1) is 22.5. The molecule has 0 bridgehead atoms. The molecule has 8 nitrogen and oxygen atoms in total. The van der Waals surface area contributed by atoms with Crippen molar-refractivity contribution in [1.29, 1.82) is 0 Å². The van der Waals surface area contributed by atoms with E-state index in [0.717, 1.165) is 11.9 Å². The van der Waals surface area contributed by atoms with Crippen molar-refractivity contribution in [3.63, 3.8) is 0 Å². The van der Waals surface area contributed by atoms with Crippen molar-refractivity contribution in [2.75, 3.05) is 38.0 Å². The summed E-state index contributed by atoms with van der Waals surface area (Å²) in [4.78, 5) is 29.6. The first-order valence-electron chi connectivity index (χ1n) is 8.74. The van der Waals surface area contributed by atoms with Crippen molar-refractivity contribution < 1.29 is 14.7 Å². The van der Waals surface area contributed by atoms with Gasteiger partial charge in [-0.25, -0.2) is 0 Å². The number of phenols is 1. The molecule has 0 spiro atoms. The van der Waals surface area contributed by atoms with Crippen LogP contribution in [0.3, 0.4) is 0 Å². The Hall–Kier alpha value is -1.78. The zero-order chi connectivity index (χ0) is 20.8. The van der Waals surface area contributed by atoms with Crippen LogP contribution in [-0.2, 0) is 9.57 Å². The van der Waals surface area contributed by atoms with Gasteiger partial charge in [0.1, 0.15) is 11.4 Å². The molecule has 0 aliphatic carbocycles. The minimum Gasteiger partial charge on any atom is -0.505 e. The number of phenolic OH excluding ortho intramolecular Hbond substituents is 1. The van der Waals surface area contributed by atoms with Crippen LogP contribution in [0.4, 0.5) is 17.1 Å². The van der Waals surface area contributed by atoms with E-state index in [1.165, 1.54) is 17.6 Å². The van der Waals surface area contributed by atoms with Gasteiger partial charge < -0.3 is 20.5 Å². The minimum atomic E-state index is -0.648. The second-order valence-corrected chi connectivity index (χ2v) is 7.34. The van der Waals surface area contributed by atoms with E-state index in [1.54, 1.807) is 13.2 Å². The highest BCUT2D eigenvalue weighted by Crippen LogP contribution is 2.42. The number of hydrogen-bond donors (Lipinski definition) is 3. The number of hydrogen-bond acceptors (Lipinski definition) is 9. The number of hydroxylamine groups is 1. The first-order chi connectivity index (χ1) is 13.4. The number of halogens is 1. The van der Waals surface area contributed by atoms with Gasteiger partial charge in [0, 0.05) is 19.7 Å². The van der Waals surface area contributed by atoms with Gasteiger partial charge in [-0.3, -0.25) is 14.4 Å². The third-order valence-corrected chi connectivity index (χ3v) is 5.75. The second-order valence-electron chi connectivity index (χ2n) is 5.93. The molecule has 10 heteroatoms. The number of nitrogens with zero attached hydrogens (tertiary/aromatic N) is 1. The Labute approximate surface area is 172 Å². The van der Waals surface area contributed by atoms with Crippen LogP contribution >= 0.6 is 23.5 Å². The summed E-state index contributed by atoms with van der Waals surface area (Å²) in [6, 6.07) is 3.02. The first-order valence-corrected chi connectivity index (χ1v) is 9.89. The lowest BCUT2D eigenvalue weighted by Gasteiger charge is -2.22. The lowest BCUT2D eigenvalue weighted by molar-refractivity contribution is -0.0333. The molecule has 2 aromatic carbocycles. The summed E-state index contributed by atoms with van der Waals surface area (Å²) in [7, 11) is 3.07. The van der Waals surface area contributed by atoms with Crippen molar-refractivity contribution >= 4 is 40.6 Å². The molecule has 0 aliphatic heterocycles. The lowest BCUT2D eigenvalue weighted by Crippen LogP contribution is -2.40. The molecular formula is C18H24ClN3O5S. The standard InChI is InChI=1S/C18H24ClN3O5S/c1-5-10(9-26-3)20-13-14(17(25)16(13)24)21-12-8-7-11(19)18(15(12)23)28-22(6-2)27-4/h7-8,10,20-21,23H,5-6,9H2,1-4H3/t10-/m1/s1. The van der Waals surface area contributed by atoms with Crippen LogP contribution in [0, 0.1) is 0 Å². The maximum absolute atomic E-state index is 12.1. The van der Waals surface area contributed by atoms with Gasteiger partial charge in [-0.15, -0.1) is 4.47 Å². The molecule has 3 N–H and O–H groups in total. The molecule has 154 valence electrons. The van der Waals surface area contributed by atoms with Crippen LogP contribution in [0.5, 0.6) is 5.75 Å². The number of benzene rings is 1. The minimum absolute atomic E-state index is 0.104. The summed E-state index contributed by atoms with van der Waals surface area (Å²) in [5.74, 6) is -0.143. The van der Waals surface area contributed by atoms with Crippen LogP contribution in [-0.4, -0.2) is 43.0 Å². The maximum atomic E-state index is 12.1. The summed E-state index contributed by atoms with van der Waals surface area (Å²) >= 11 is 7.32. The summed E-state index contributed by atoms with van der Waals surface area (Å²) in [6.45, 7) is 4.78. The lowest BCUT2D eigenvalue weighted by atomic mass is 10.1. The highest BCUT2D eigenvalue weighted by Gasteiger charge is 2.25. The van der Waals surface area contributed by atoms with Crippen molar-refractivity contribution in [3.8, 4) is 5.75 Å². The Bertz CT molecular complexity index is 881. The summed E-state index contributed by atoms with van der Waals surface area (Å²) in [5.41, 5.74) is -0.701. The molecule has 0 amide bonds. The van der Waals surface area contributed by atoms with E-state index >= 15 is 0 Å². The van der Waals surface area contributed by atoms with E-state index in [-0.39, 0.29) is 28.9 Å². The van der Waals surface area contributed by atoms with Crippen LogP contribution in [0.25, 0.3) is 0 Å². The number of rotatable bonds is 11. The molecule has 2 rings (SSSR count). The smallest absolute Gasteiger partial charge is 0.253 e. The molecule has 0 saturated heterocycles. The maximum Gasteiger partial charge on any atom is 0.253 e. The molecule has 0 radical (unpaired) electrons. The quantitative estimate of drug-likeness (QED) is 0.215. The summed E-state index contributed by atoms with van der Waals surface area (Å²) in [6.07, 6.45) is 0.711. The van der Waals surface area contributed by atoms with Gasteiger partial charge in [0.05, 0.1) is 29.3 Å². The van der Waals surface area contributed by atoms with Gasteiger partial charge >= 0.3 is 0 Å². The average Bonchev–Trinajstić information content (AvgIpc) is 2.70. The van der Waals surface area contributed by atoms with Gasteiger partial charge in [-0.05, 0) is 37.4 Å². The molecule has 0 unspecified atom stereocenters. The van der Waals surface area contributed by atoms with Gasteiger partial charge in [-0.1, -0.05) is 18.5 Å². The Morgan fingerprint density at radius 2 is 1.89 bits per heavy atom. The number of aromatic hydroxyl groups is 1. The highest BCUT2D eigenvalue weighted by molar-refractivity contribution is 7.97. The third-order valence-electron chi connectivity index (χ3n) is 4.12. The fourth-order valence-electron chi connectivity index (χ4n) is 2.52.